The van der Waals surface area contributed by atoms with Gasteiger partial charge in [-0.05, 0) is 31.0 Å². The van der Waals surface area contributed by atoms with Gasteiger partial charge in [-0.2, -0.15) is 0 Å². The molecule has 0 bridgehead atoms. The molecular formula is C16H14N2O2. The van der Waals surface area contributed by atoms with Crippen LogP contribution in [0.15, 0.2) is 48.7 Å². The molecule has 1 aliphatic rings. The summed E-state index contributed by atoms with van der Waals surface area (Å²) in [5, 5.41) is 0. The van der Waals surface area contributed by atoms with Crippen molar-refractivity contribution in [3.8, 4) is 0 Å². The van der Waals surface area contributed by atoms with Crippen LogP contribution in [0.2, 0.25) is 0 Å². The summed E-state index contributed by atoms with van der Waals surface area (Å²) in [6, 6.07) is 13.0. The Bertz CT molecular complexity index is 632. The molecule has 0 N–H and O–H groups in total. The molecule has 100 valence electrons. The first-order valence-corrected chi connectivity index (χ1v) is 6.55. The van der Waals surface area contributed by atoms with Crippen molar-refractivity contribution >= 4 is 11.8 Å². The molecule has 20 heavy (non-hydrogen) atoms. The van der Waals surface area contributed by atoms with Crippen molar-refractivity contribution in [3.63, 3.8) is 0 Å². The number of imide groups is 1. The Morgan fingerprint density at radius 2 is 1.80 bits per heavy atom. The highest BCUT2D eigenvalue weighted by molar-refractivity contribution is 6.20. The Morgan fingerprint density at radius 1 is 1.05 bits per heavy atom. The fourth-order valence-corrected chi connectivity index (χ4v) is 2.53. The number of fused-ring (bicyclic) bond motifs is 1. The van der Waals surface area contributed by atoms with Crippen LogP contribution in [-0.2, 0) is 6.42 Å². The molecule has 2 aromatic rings. The third kappa shape index (κ3) is 1.99. The van der Waals surface area contributed by atoms with Gasteiger partial charge in [0.1, 0.15) is 5.69 Å². The van der Waals surface area contributed by atoms with Gasteiger partial charge in [-0.25, -0.2) is 0 Å². The van der Waals surface area contributed by atoms with Gasteiger partial charge in [0.15, 0.2) is 0 Å². The molecule has 0 aliphatic carbocycles. The number of rotatable bonds is 3. The summed E-state index contributed by atoms with van der Waals surface area (Å²) < 4.78 is 0. The Kier molecular flexibility index (Phi) is 3.06. The van der Waals surface area contributed by atoms with Crippen molar-refractivity contribution in [3.05, 3.63) is 65.5 Å². The normalized spacial score (nSPS) is 15.3. The molecule has 0 saturated carbocycles. The second-order valence-electron chi connectivity index (χ2n) is 4.92. The van der Waals surface area contributed by atoms with Crippen LogP contribution in [-0.4, -0.2) is 27.7 Å². The van der Waals surface area contributed by atoms with Crippen molar-refractivity contribution in [1.82, 2.24) is 9.88 Å². The predicted octanol–water partition coefficient (Wildman–Crippen LogP) is 2.31. The average Bonchev–Trinajstić information content (AvgIpc) is 2.72. The van der Waals surface area contributed by atoms with E-state index in [1.807, 2.05) is 37.3 Å². The van der Waals surface area contributed by atoms with Gasteiger partial charge >= 0.3 is 0 Å². The van der Waals surface area contributed by atoms with E-state index in [0.717, 1.165) is 5.56 Å². The zero-order chi connectivity index (χ0) is 14.1. The first kappa shape index (κ1) is 12.5. The van der Waals surface area contributed by atoms with Gasteiger partial charge in [-0.15, -0.1) is 0 Å². The van der Waals surface area contributed by atoms with Crippen LogP contribution in [0.3, 0.4) is 0 Å². The van der Waals surface area contributed by atoms with E-state index in [2.05, 4.69) is 4.98 Å². The van der Waals surface area contributed by atoms with E-state index >= 15 is 0 Å². The second-order valence-corrected chi connectivity index (χ2v) is 4.92. The lowest BCUT2D eigenvalue weighted by molar-refractivity contribution is 0.0595. The lowest BCUT2D eigenvalue weighted by Gasteiger charge is -2.22. The molecule has 1 aromatic carbocycles. The van der Waals surface area contributed by atoms with Crippen molar-refractivity contribution < 1.29 is 9.59 Å². The topological polar surface area (TPSA) is 50.3 Å². The maximum atomic E-state index is 12.3. The molecule has 1 aromatic heterocycles. The fraction of sp³-hybridized carbons (Fsp3) is 0.188. The largest absolute Gasteiger partial charge is 0.280 e. The third-order valence-electron chi connectivity index (χ3n) is 3.49. The van der Waals surface area contributed by atoms with E-state index in [1.54, 1.807) is 12.1 Å². The van der Waals surface area contributed by atoms with E-state index < -0.39 is 0 Å². The Hall–Kier alpha value is -2.49. The summed E-state index contributed by atoms with van der Waals surface area (Å²) in [6.45, 7) is 1.88. The maximum Gasteiger partial charge on any atom is 0.280 e. The third-order valence-corrected chi connectivity index (χ3v) is 3.49. The van der Waals surface area contributed by atoms with E-state index in [9.17, 15) is 9.59 Å². The lowest BCUT2D eigenvalue weighted by atomic mass is 10.1. The summed E-state index contributed by atoms with van der Waals surface area (Å²) in [5.41, 5.74) is 1.76. The molecule has 0 spiro atoms. The van der Waals surface area contributed by atoms with Crippen LogP contribution in [0.5, 0.6) is 0 Å². The van der Waals surface area contributed by atoms with Gasteiger partial charge in [-0.3, -0.25) is 19.5 Å². The molecular weight excluding hydrogens is 252 g/mol. The van der Waals surface area contributed by atoms with Gasteiger partial charge in [0.25, 0.3) is 11.8 Å². The lowest BCUT2D eigenvalue weighted by Crippen LogP contribution is -2.39. The summed E-state index contributed by atoms with van der Waals surface area (Å²) in [4.78, 5) is 29.9. The van der Waals surface area contributed by atoms with Gasteiger partial charge < -0.3 is 0 Å². The van der Waals surface area contributed by atoms with Gasteiger partial charge in [0, 0.05) is 12.2 Å². The molecule has 2 heterocycles. The summed E-state index contributed by atoms with van der Waals surface area (Å²) >= 11 is 0. The van der Waals surface area contributed by atoms with Crippen molar-refractivity contribution in [2.45, 2.75) is 19.4 Å². The molecule has 2 amide bonds. The number of amides is 2. The SMILES string of the molecule is CC(Cc1ccccc1)N1C(=O)c2cccnc2C1=O. The highest BCUT2D eigenvalue weighted by Crippen LogP contribution is 2.23. The minimum absolute atomic E-state index is 0.188. The minimum Gasteiger partial charge on any atom is -0.270 e. The molecule has 1 unspecified atom stereocenters. The molecule has 4 heteroatoms. The molecule has 0 fully saturated rings. The Morgan fingerprint density at radius 3 is 2.50 bits per heavy atom. The van der Waals surface area contributed by atoms with Gasteiger partial charge in [0.2, 0.25) is 0 Å². The van der Waals surface area contributed by atoms with Crippen LogP contribution in [0.4, 0.5) is 0 Å². The zero-order valence-corrected chi connectivity index (χ0v) is 11.1. The first-order chi connectivity index (χ1) is 9.68. The van der Waals surface area contributed by atoms with Crippen molar-refractivity contribution in [1.29, 1.82) is 0 Å². The molecule has 4 nitrogen and oxygen atoms in total. The minimum atomic E-state index is -0.297. The fourth-order valence-electron chi connectivity index (χ4n) is 2.53. The average molecular weight is 266 g/mol. The molecule has 0 radical (unpaired) electrons. The highest BCUT2D eigenvalue weighted by Gasteiger charge is 2.39. The predicted molar refractivity (Wildman–Crippen MR) is 74.3 cm³/mol. The highest BCUT2D eigenvalue weighted by atomic mass is 16.2. The number of carbonyl (C=O) groups is 2. The van der Waals surface area contributed by atoms with Crippen LogP contribution in [0.1, 0.15) is 33.3 Å². The summed E-state index contributed by atoms with van der Waals surface area (Å²) in [5.74, 6) is -0.546. The maximum absolute atomic E-state index is 12.3. The number of pyridine rings is 1. The number of hydrogen-bond acceptors (Lipinski definition) is 3. The van der Waals surface area contributed by atoms with Crippen LogP contribution in [0.25, 0.3) is 0 Å². The quantitative estimate of drug-likeness (QED) is 0.801. The molecule has 1 atom stereocenters. The van der Waals surface area contributed by atoms with E-state index in [0.29, 0.717) is 12.0 Å². The number of aromatic nitrogens is 1. The smallest absolute Gasteiger partial charge is 0.270 e. The van der Waals surface area contributed by atoms with E-state index in [-0.39, 0.29) is 23.6 Å². The van der Waals surface area contributed by atoms with Gasteiger partial charge in [0.05, 0.1) is 5.56 Å². The second kappa shape index (κ2) is 4.89. The number of nitrogens with zero attached hydrogens (tertiary/aromatic N) is 2. The van der Waals surface area contributed by atoms with E-state index in [1.165, 1.54) is 11.1 Å². The zero-order valence-electron chi connectivity index (χ0n) is 11.1. The van der Waals surface area contributed by atoms with Crippen LogP contribution < -0.4 is 0 Å². The number of benzene rings is 1. The number of carbonyl (C=O) groups excluding carboxylic acids is 2. The summed E-state index contributed by atoms with van der Waals surface area (Å²) in [7, 11) is 0. The number of hydrogen-bond donors (Lipinski definition) is 0. The van der Waals surface area contributed by atoms with Crippen LogP contribution in [0, 0.1) is 0 Å². The van der Waals surface area contributed by atoms with Crippen molar-refractivity contribution in [2.75, 3.05) is 0 Å². The molecule has 3 rings (SSSR count). The molecule has 0 saturated heterocycles. The van der Waals surface area contributed by atoms with Crippen molar-refractivity contribution in [2.24, 2.45) is 0 Å². The van der Waals surface area contributed by atoms with E-state index in [4.69, 9.17) is 0 Å². The standard InChI is InChI=1S/C16H14N2O2/c1-11(10-12-6-3-2-4-7-12)18-15(19)13-8-5-9-17-14(13)16(18)20/h2-9,11H,10H2,1H3. The Labute approximate surface area is 117 Å². The Balaban J connectivity index is 1.85. The van der Waals surface area contributed by atoms with Gasteiger partial charge in [-0.1, -0.05) is 30.3 Å². The van der Waals surface area contributed by atoms with Crippen LogP contribution >= 0.6 is 0 Å². The summed E-state index contributed by atoms with van der Waals surface area (Å²) in [6.07, 6.45) is 2.18. The first-order valence-electron chi connectivity index (χ1n) is 6.55. The molecule has 1 aliphatic heterocycles. The monoisotopic (exact) mass is 266 g/mol.